The summed E-state index contributed by atoms with van der Waals surface area (Å²) in [6.07, 6.45) is -0.226. The van der Waals surface area contributed by atoms with Gasteiger partial charge in [0.2, 0.25) is 0 Å². The van der Waals surface area contributed by atoms with Gasteiger partial charge in [0.1, 0.15) is 34.4 Å². The lowest BCUT2D eigenvalue weighted by Crippen LogP contribution is -2.63. The third-order valence-corrected chi connectivity index (χ3v) is 6.46. The van der Waals surface area contributed by atoms with Gasteiger partial charge in [0.25, 0.3) is 11.9 Å². The Bertz CT molecular complexity index is 1510. The van der Waals surface area contributed by atoms with Crippen molar-refractivity contribution in [3.63, 3.8) is 0 Å². The number of anilines is 1. The van der Waals surface area contributed by atoms with Crippen molar-refractivity contribution in [1.82, 2.24) is 0 Å². The van der Waals surface area contributed by atoms with Gasteiger partial charge >= 0.3 is 0 Å². The largest absolute Gasteiger partial charge is 0.851 e. The number of phenolic OH excluding ortho intramolecular Hbond substituents is 6. The molecule has 14 nitrogen and oxygen atoms in total. The molecule has 2 aromatic carbocycles. The van der Waals surface area contributed by atoms with Crippen LogP contribution in [0.5, 0.6) is 46.4 Å². The van der Waals surface area contributed by atoms with E-state index in [1.54, 1.807) is 12.1 Å². The van der Waals surface area contributed by atoms with E-state index in [1.807, 2.05) is 0 Å². The summed E-state index contributed by atoms with van der Waals surface area (Å²) in [6.45, 7) is -0.296. The second-order valence-electron chi connectivity index (χ2n) is 8.74. The predicted molar refractivity (Wildman–Crippen MR) is 131 cm³/mol. The first kappa shape index (κ1) is 26.4. The lowest BCUT2D eigenvalue weighted by atomic mass is 9.62. The quantitative estimate of drug-likeness (QED) is 0.0513. The Morgan fingerprint density at radius 1 is 0.800 bits per heavy atom. The fourth-order valence-electron chi connectivity index (χ4n) is 4.58. The van der Waals surface area contributed by atoms with Crippen LogP contribution in [0.15, 0.2) is 62.8 Å². The van der Waals surface area contributed by atoms with Crippen LogP contribution in [0.25, 0.3) is 0 Å². The molecule has 2 aromatic heterocycles. The number of nitrogens with one attached hydrogen (secondary N) is 1. The molecule has 0 amide bonds. The van der Waals surface area contributed by atoms with E-state index in [-0.39, 0.29) is 24.3 Å². The van der Waals surface area contributed by atoms with Crippen LogP contribution in [-0.4, -0.2) is 56.0 Å². The van der Waals surface area contributed by atoms with E-state index in [1.165, 1.54) is 24.7 Å². The van der Waals surface area contributed by atoms with Crippen molar-refractivity contribution in [3.05, 3.63) is 60.1 Å². The summed E-state index contributed by atoms with van der Waals surface area (Å²) < 4.78 is 20.3. The fraction of sp³-hybridized carbons (Fsp3) is 0.192. The molecule has 2 unspecified atom stereocenters. The number of hydrogen-bond donors (Lipinski definition) is 7. The molecule has 0 spiro atoms. The van der Waals surface area contributed by atoms with Crippen LogP contribution < -0.4 is 25.0 Å². The monoisotopic (exact) mass is 554 g/mol. The van der Waals surface area contributed by atoms with E-state index < -0.39 is 75.4 Å². The zero-order valence-corrected chi connectivity index (χ0v) is 20.3. The average Bonchev–Trinajstić information content (AvgIpc) is 3.62. The molecule has 1 fully saturated rings. The van der Waals surface area contributed by atoms with E-state index in [0.717, 1.165) is 18.5 Å². The minimum Gasteiger partial charge on any atom is -0.851 e. The Hall–Kier alpha value is -5.21. The molecule has 1 aliphatic carbocycles. The normalized spacial score (nSPS) is 20.4. The lowest BCUT2D eigenvalue weighted by molar-refractivity contribution is -0.536. The van der Waals surface area contributed by atoms with Gasteiger partial charge in [-0.1, -0.05) is 0 Å². The van der Waals surface area contributed by atoms with Crippen molar-refractivity contribution in [1.29, 1.82) is 0 Å². The maximum Gasteiger partial charge on any atom is 0.290 e. The zero-order valence-electron chi connectivity index (χ0n) is 20.3. The van der Waals surface area contributed by atoms with Crippen LogP contribution in [0.3, 0.4) is 0 Å². The van der Waals surface area contributed by atoms with Crippen LogP contribution in [0, 0.1) is 0 Å². The molecule has 0 radical (unpaired) electrons. The summed E-state index contributed by atoms with van der Waals surface area (Å²) in [5.74, 6) is -7.20. The van der Waals surface area contributed by atoms with Crippen molar-refractivity contribution in [3.8, 4) is 46.4 Å². The molecule has 0 aliphatic heterocycles. The highest BCUT2D eigenvalue weighted by Gasteiger charge is 2.44. The highest BCUT2D eigenvalue weighted by atomic mass is 16.6. The highest BCUT2D eigenvalue weighted by Crippen LogP contribution is 2.58. The van der Waals surface area contributed by atoms with Crippen molar-refractivity contribution in [2.24, 2.45) is 4.99 Å². The summed E-state index contributed by atoms with van der Waals surface area (Å²) in [7, 11) is 0. The number of phenols is 6. The van der Waals surface area contributed by atoms with Gasteiger partial charge in [0.15, 0.2) is 24.6 Å². The summed E-state index contributed by atoms with van der Waals surface area (Å²) in [5, 5.41) is 91.9. The number of furan rings is 2. The molecule has 14 heteroatoms. The average molecular weight is 554 g/mol. The molecule has 210 valence electrons. The van der Waals surface area contributed by atoms with Crippen LogP contribution in [-0.2, 0) is 0 Å². The van der Waals surface area contributed by atoms with Crippen LogP contribution in [0.2, 0.25) is 0 Å². The van der Waals surface area contributed by atoms with Crippen molar-refractivity contribution >= 4 is 17.8 Å². The first-order valence-corrected chi connectivity index (χ1v) is 11.7. The molecule has 7 N–H and O–H groups in total. The van der Waals surface area contributed by atoms with Crippen LogP contribution in [0.1, 0.15) is 23.0 Å². The van der Waals surface area contributed by atoms with Crippen LogP contribution in [0.4, 0.5) is 11.4 Å². The summed E-state index contributed by atoms with van der Waals surface area (Å²) >= 11 is 0. The minimum absolute atomic E-state index is 0.0534. The molecular formula is C26H22N2O12-2. The maximum atomic E-state index is 13.3. The Morgan fingerprint density at radius 2 is 1.38 bits per heavy atom. The molecular weight excluding hydrogens is 532 g/mol. The van der Waals surface area contributed by atoms with Gasteiger partial charge < -0.3 is 64.5 Å². The molecule has 2 heterocycles. The molecule has 0 bridgehead atoms. The van der Waals surface area contributed by atoms with Gasteiger partial charge in [-0.25, -0.2) is 4.99 Å². The van der Waals surface area contributed by atoms with E-state index in [4.69, 9.17) is 18.3 Å². The Kier molecular flexibility index (Phi) is 6.94. The summed E-state index contributed by atoms with van der Waals surface area (Å²) in [6, 6.07) is 7.75. The second-order valence-corrected chi connectivity index (χ2v) is 8.74. The second kappa shape index (κ2) is 10.5. The maximum absolute atomic E-state index is 13.3. The number of aliphatic imine (C=N–C) groups is 1. The van der Waals surface area contributed by atoms with Gasteiger partial charge in [-0.05, 0) is 24.0 Å². The van der Waals surface area contributed by atoms with E-state index >= 15 is 0 Å². The van der Waals surface area contributed by atoms with Gasteiger partial charge in [-0.2, -0.15) is 0 Å². The fourth-order valence-corrected chi connectivity index (χ4v) is 4.58. The highest BCUT2D eigenvalue weighted by molar-refractivity contribution is 5.75. The third-order valence-electron chi connectivity index (χ3n) is 6.46. The van der Waals surface area contributed by atoms with Gasteiger partial charge in [-0.15, -0.1) is 12.2 Å². The van der Waals surface area contributed by atoms with Gasteiger partial charge in [-0.3, -0.25) is 0 Å². The van der Waals surface area contributed by atoms with E-state index in [9.17, 15) is 40.9 Å². The van der Waals surface area contributed by atoms with E-state index in [0.29, 0.717) is 0 Å². The first-order chi connectivity index (χ1) is 19.2. The van der Waals surface area contributed by atoms with Gasteiger partial charge in [0.05, 0.1) is 12.5 Å². The van der Waals surface area contributed by atoms with Gasteiger partial charge in [0, 0.05) is 35.4 Å². The smallest absolute Gasteiger partial charge is 0.290 e. The molecule has 5 rings (SSSR count). The van der Waals surface area contributed by atoms with Crippen molar-refractivity contribution in [2.75, 3.05) is 12.0 Å². The lowest BCUT2D eigenvalue weighted by Gasteiger charge is -2.61. The summed E-state index contributed by atoms with van der Waals surface area (Å²) in [5.41, 5.74) is -1.70. The first-order valence-electron chi connectivity index (χ1n) is 11.7. The Morgan fingerprint density at radius 3 is 1.98 bits per heavy atom. The minimum atomic E-state index is -1.88. The zero-order chi connectivity index (χ0) is 28.6. The molecule has 1 aliphatic rings. The number of benzene rings is 2. The number of hydrogen-bond acceptors (Lipinski definition) is 14. The number of nitrogens with zero attached hydrogens (tertiary/aromatic N) is 1. The summed E-state index contributed by atoms with van der Waals surface area (Å²) in [4.78, 5) is 3.79. The van der Waals surface area contributed by atoms with Crippen molar-refractivity contribution < 1.29 is 59.2 Å². The van der Waals surface area contributed by atoms with E-state index in [2.05, 4.69) is 10.3 Å². The molecule has 1 saturated carbocycles. The SMILES string of the molecule is [O-]C1C(c2c(O)cc(O)c(N=COc3ccco3)c2O)C([O-])C1c1c(O)cc(O)c(NCOc2ccco2)c1O. The van der Waals surface area contributed by atoms with Crippen LogP contribution >= 0.6 is 0 Å². The standard InChI is InChI=1S/C26H22N2O12/c29-11-7-13(31)21(27-9-39-15-3-1-5-37-15)25(35)17(11)19-23(33)20(24(19)34)18-12(30)8-14(32)22(26(18)36)28-10-40-16-4-2-6-38-16/h1-9,19-20,23-24,28-32,35-36H,10H2/q-2. The third kappa shape index (κ3) is 4.61. The topological polar surface area (TPSA) is 237 Å². The number of ether oxygens (including phenoxy) is 2. The molecule has 4 aromatic rings. The predicted octanol–water partition coefficient (Wildman–Crippen LogP) is 1.63. The Labute approximate surface area is 224 Å². The number of rotatable bonds is 9. The molecule has 2 atom stereocenters. The van der Waals surface area contributed by atoms with Crippen molar-refractivity contribution in [2.45, 2.75) is 24.0 Å². The molecule has 40 heavy (non-hydrogen) atoms. The molecule has 0 saturated heterocycles. The Balaban J connectivity index is 1.40. The number of aromatic hydroxyl groups is 6.